The lowest BCUT2D eigenvalue weighted by atomic mass is 10.2. The van der Waals surface area contributed by atoms with Crippen molar-refractivity contribution in [3.8, 4) is 5.75 Å². The molecule has 1 rings (SSSR count). The molecule has 6 nitrogen and oxygen atoms in total. The van der Waals surface area contributed by atoms with Gasteiger partial charge in [-0.15, -0.1) is 0 Å². The zero-order chi connectivity index (χ0) is 13.1. The Morgan fingerprint density at radius 1 is 1.50 bits per heavy atom. The minimum absolute atomic E-state index is 0.0795. The van der Waals surface area contributed by atoms with E-state index < -0.39 is 17.3 Å². The van der Waals surface area contributed by atoms with Crippen molar-refractivity contribution >= 4 is 17.3 Å². The van der Waals surface area contributed by atoms with Crippen LogP contribution in [0.2, 0.25) is 0 Å². The van der Waals surface area contributed by atoms with Gasteiger partial charge in [-0.2, -0.15) is 0 Å². The summed E-state index contributed by atoms with van der Waals surface area (Å²) in [5.74, 6) is -0.115. The van der Waals surface area contributed by atoms with E-state index in [1.165, 1.54) is 12.1 Å². The number of benzene rings is 1. The van der Waals surface area contributed by atoms with E-state index in [4.69, 9.17) is 11.4 Å². The van der Waals surface area contributed by atoms with Gasteiger partial charge < -0.3 is 14.7 Å². The highest BCUT2D eigenvalue weighted by molar-refractivity contribution is 7.89. The van der Waals surface area contributed by atoms with Crippen LogP contribution in [-0.4, -0.2) is 32.3 Å². The summed E-state index contributed by atoms with van der Waals surface area (Å²) in [4.78, 5) is -0.0795. The SMILES string of the molecule is [2H]c1cc(S(=O)(=O)NCC)ccc1OB(O)O. The van der Waals surface area contributed by atoms with Crippen LogP contribution in [0.4, 0.5) is 0 Å². The molecule has 3 N–H and O–H groups in total. The second-order valence-electron chi connectivity index (χ2n) is 2.83. The van der Waals surface area contributed by atoms with Crippen molar-refractivity contribution < 1.29 is 24.5 Å². The molecule has 0 bridgehead atoms. The van der Waals surface area contributed by atoms with Gasteiger partial charge in [-0.3, -0.25) is 0 Å². The van der Waals surface area contributed by atoms with Crippen LogP contribution in [-0.2, 0) is 10.0 Å². The molecule has 0 unspecified atom stereocenters. The number of sulfonamides is 1. The van der Waals surface area contributed by atoms with Gasteiger partial charge in [-0.1, -0.05) is 6.92 Å². The number of rotatable bonds is 5. The van der Waals surface area contributed by atoms with E-state index >= 15 is 0 Å². The van der Waals surface area contributed by atoms with Gasteiger partial charge in [0.15, 0.2) is 0 Å². The van der Waals surface area contributed by atoms with E-state index in [1.807, 2.05) is 0 Å². The molecule has 0 aliphatic carbocycles. The normalized spacial score (nSPS) is 12.1. The molecule has 88 valence electrons. The zero-order valence-electron chi connectivity index (χ0n) is 9.54. The Kier molecular flexibility index (Phi) is 3.78. The molecule has 0 spiro atoms. The Hall–Kier alpha value is -1.09. The lowest BCUT2D eigenvalue weighted by Gasteiger charge is -2.07. The largest absolute Gasteiger partial charge is 0.707 e. The molecule has 0 amide bonds. The van der Waals surface area contributed by atoms with Gasteiger partial charge in [0.2, 0.25) is 10.0 Å². The van der Waals surface area contributed by atoms with Crippen LogP contribution < -0.4 is 9.38 Å². The second-order valence-corrected chi connectivity index (χ2v) is 4.60. The van der Waals surface area contributed by atoms with E-state index in [0.29, 0.717) is 0 Å². The van der Waals surface area contributed by atoms with Gasteiger partial charge in [0, 0.05) is 6.54 Å². The highest BCUT2D eigenvalue weighted by Gasteiger charge is 2.14. The molecule has 0 saturated carbocycles. The molecule has 1 aromatic rings. The minimum Gasteiger partial charge on any atom is -0.512 e. The van der Waals surface area contributed by atoms with Crippen LogP contribution >= 0.6 is 0 Å². The van der Waals surface area contributed by atoms with Gasteiger partial charge in [-0.05, 0) is 24.2 Å². The molecular weight excluding hydrogens is 233 g/mol. The summed E-state index contributed by atoms with van der Waals surface area (Å²) in [5.41, 5.74) is 0. The quantitative estimate of drug-likeness (QED) is 0.599. The van der Waals surface area contributed by atoms with Crippen molar-refractivity contribution in [1.29, 1.82) is 0 Å². The fraction of sp³-hybridized carbons (Fsp3) is 0.250. The Labute approximate surface area is 95.5 Å². The van der Waals surface area contributed by atoms with Gasteiger partial charge in [0.25, 0.3) is 0 Å². The third-order valence-corrected chi connectivity index (χ3v) is 3.18. The van der Waals surface area contributed by atoms with Crippen molar-refractivity contribution in [2.75, 3.05) is 6.54 Å². The maximum atomic E-state index is 11.6. The summed E-state index contributed by atoms with van der Waals surface area (Å²) in [7, 11) is -5.67. The van der Waals surface area contributed by atoms with Crippen LogP contribution in [0.25, 0.3) is 0 Å². The summed E-state index contributed by atoms with van der Waals surface area (Å²) in [6.45, 7) is 1.88. The van der Waals surface area contributed by atoms with E-state index in [0.717, 1.165) is 6.07 Å². The molecule has 1 aromatic carbocycles. The monoisotopic (exact) mass is 246 g/mol. The predicted octanol–water partition coefficient (Wildman–Crippen LogP) is -0.667. The average molecular weight is 246 g/mol. The third kappa shape index (κ3) is 3.49. The minimum atomic E-state index is -3.63. The van der Waals surface area contributed by atoms with E-state index in [1.54, 1.807) is 6.92 Å². The zero-order valence-corrected chi connectivity index (χ0v) is 9.36. The maximum Gasteiger partial charge on any atom is 0.707 e. The van der Waals surface area contributed by atoms with Gasteiger partial charge >= 0.3 is 7.32 Å². The van der Waals surface area contributed by atoms with Crippen molar-refractivity contribution in [2.45, 2.75) is 11.8 Å². The van der Waals surface area contributed by atoms with Gasteiger partial charge in [0.1, 0.15) is 5.75 Å². The predicted molar refractivity (Wildman–Crippen MR) is 58.1 cm³/mol. The molecule has 8 heteroatoms. The molecule has 0 fully saturated rings. The van der Waals surface area contributed by atoms with E-state index in [9.17, 15) is 8.42 Å². The molecule has 16 heavy (non-hydrogen) atoms. The molecular formula is C8H12BNO5S. The average Bonchev–Trinajstić information content (AvgIpc) is 2.20. The first-order valence-corrected chi connectivity index (χ1v) is 5.98. The fourth-order valence-corrected chi connectivity index (χ4v) is 2.03. The van der Waals surface area contributed by atoms with Crippen LogP contribution in [0.5, 0.6) is 5.75 Å². The first-order valence-electron chi connectivity index (χ1n) is 5.00. The molecule has 0 heterocycles. The number of hydrogen-bond donors (Lipinski definition) is 3. The molecule has 0 saturated heterocycles. The van der Waals surface area contributed by atoms with Crippen LogP contribution in [0.1, 0.15) is 8.29 Å². The number of nitrogens with one attached hydrogen (secondary N) is 1. The smallest absolute Gasteiger partial charge is 0.512 e. The van der Waals surface area contributed by atoms with Crippen molar-refractivity contribution in [3.05, 3.63) is 24.2 Å². The molecule has 0 radical (unpaired) electrons. The lowest BCUT2D eigenvalue weighted by molar-refractivity contribution is 0.288. The summed E-state index contributed by atoms with van der Waals surface area (Å²) in [6.07, 6.45) is 0. The molecule has 0 aliphatic rings. The maximum absolute atomic E-state index is 11.6. The Bertz CT molecular complexity index is 493. The van der Waals surface area contributed by atoms with Crippen molar-refractivity contribution in [2.24, 2.45) is 0 Å². The van der Waals surface area contributed by atoms with Crippen molar-refractivity contribution in [3.63, 3.8) is 0 Å². The Morgan fingerprint density at radius 3 is 2.69 bits per heavy atom. The fourth-order valence-electron chi connectivity index (χ4n) is 1.02. The number of hydrogen-bond acceptors (Lipinski definition) is 5. The molecule has 0 aliphatic heterocycles. The Balaban J connectivity index is 3.04. The lowest BCUT2D eigenvalue weighted by Crippen LogP contribution is -2.23. The van der Waals surface area contributed by atoms with Crippen LogP contribution in [0.15, 0.2) is 29.1 Å². The van der Waals surface area contributed by atoms with Crippen molar-refractivity contribution in [1.82, 2.24) is 4.72 Å². The topological polar surface area (TPSA) is 95.9 Å². The third-order valence-electron chi connectivity index (χ3n) is 1.63. The van der Waals surface area contributed by atoms with E-state index in [2.05, 4.69) is 9.38 Å². The second kappa shape index (κ2) is 5.31. The van der Waals surface area contributed by atoms with Crippen LogP contribution in [0.3, 0.4) is 0 Å². The molecule has 0 aromatic heterocycles. The van der Waals surface area contributed by atoms with Gasteiger partial charge in [0.05, 0.1) is 6.27 Å². The van der Waals surface area contributed by atoms with Gasteiger partial charge in [-0.25, -0.2) is 13.1 Å². The summed E-state index contributed by atoms with van der Waals surface area (Å²) in [6, 6.07) is 3.22. The highest BCUT2D eigenvalue weighted by Crippen LogP contribution is 2.15. The van der Waals surface area contributed by atoms with E-state index in [-0.39, 0.29) is 23.2 Å². The summed E-state index contributed by atoms with van der Waals surface area (Å²) < 4.78 is 37.4. The summed E-state index contributed by atoms with van der Waals surface area (Å²) >= 11 is 0. The first kappa shape index (κ1) is 11.4. The standard InChI is InChI=1S/C8H12BNO5S/c1-2-10-16(13,14)8-5-3-7(4-6-8)15-9(11)12/h3-6,10-12H,2H2,1H3/i3D. The first-order chi connectivity index (χ1) is 7.86. The highest BCUT2D eigenvalue weighted by atomic mass is 32.2. The molecule has 0 atom stereocenters. The Morgan fingerprint density at radius 2 is 2.19 bits per heavy atom. The van der Waals surface area contributed by atoms with Crippen LogP contribution in [0, 0.1) is 0 Å². The summed E-state index contributed by atoms with van der Waals surface area (Å²) in [5, 5.41) is 17.1.